The van der Waals surface area contributed by atoms with E-state index < -0.39 is 17.7 Å². The highest BCUT2D eigenvalue weighted by Crippen LogP contribution is 2.43. The van der Waals surface area contributed by atoms with E-state index in [1.165, 1.54) is 11.3 Å². The van der Waals surface area contributed by atoms with Gasteiger partial charge < -0.3 is 14.6 Å². The van der Waals surface area contributed by atoms with Gasteiger partial charge in [-0.15, -0.1) is 11.3 Å². The fourth-order valence-corrected chi connectivity index (χ4v) is 7.87. The van der Waals surface area contributed by atoms with Crippen LogP contribution in [0.1, 0.15) is 72.7 Å². The van der Waals surface area contributed by atoms with E-state index >= 15 is 0 Å². The van der Waals surface area contributed by atoms with Gasteiger partial charge in [-0.05, 0) is 82.1 Å². The predicted molar refractivity (Wildman–Crippen MR) is 190 cm³/mol. The predicted octanol–water partition coefficient (Wildman–Crippen LogP) is 9.00. The Hall–Kier alpha value is -3.74. The van der Waals surface area contributed by atoms with Crippen LogP contribution in [0.4, 0.5) is 13.2 Å². The molecule has 4 aromatic rings. The van der Waals surface area contributed by atoms with E-state index in [0.717, 1.165) is 53.5 Å². The number of alkyl halides is 3. The summed E-state index contributed by atoms with van der Waals surface area (Å²) in [5.41, 5.74) is 2.69. The molecular formula is C37H41ClF3N3O5S. The Morgan fingerprint density at radius 1 is 1.14 bits per heavy atom. The molecule has 0 saturated carbocycles. The van der Waals surface area contributed by atoms with E-state index in [0.29, 0.717) is 46.7 Å². The second-order valence-electron chi connectivity index (χ2n) is 13.2. The Kier molecular flexibility index (Phi) is 11.4. The molecule has 1 N–H and O–H groups in total. The average molecular weight is 732 g/mol. The van der Waals surface area contributed by atoms with Crippen LogP contribution < -0.4 is 10.3 Å². The van der Waals surface area contributed by atoms with Crippen molar-refractivity contribution in [2.45, 2.75) is 84.5 Å². The van der Waals surface area contributed by atoms with Crippen LogP contribution in [-0.2, 0) is 24.1 Å². The third-order valence-corrected chi connectivity index (χ3v) is 10.6. The average Bonchev–Trinajstić information content (AvgIpc) is 3.37. The lowest BCUT2D eigenvalue weighted by molar-refractivity contribution is -0.273. The molecule has 0 radical (unpaired) electrons. The van der Waals surface area contributed by atoms with Crippen molar-refractivity contribution in [3.8, 4) is 16.9 Å². The van der Waals surface area contributed by atoms with Gasteiger partial charge in [0.25, 0.3) is 5.56 Å². The zero-order valence-corrected chi connectivity index (χ0v) is 30.3. The van der Waals surface area contributed by atoms with Crippen LogP contribution in [0, 0.1) is 25.7 Å². The first-order valence-electron chi connectivity index (χ1n) is 16.5. The Morgan fingerprint density at radius 3 is 2.60 bits per heavy atom. The fraction of sp³-hybridized carbons (Fsp3) is 0.459. The molecule has 2 aliphatic rings. The number of carboxylic acids is 1. The number of aryl methyl sites for hydroxylation is 3. The molecule has 0 aliphatic heterocycles. The molecule has 2 unspecified atom stereocenters. The first-order valence-corrected chi connectivity index (χ1v) is 17.8. The van der Waals surface area contributed by atoms with E-state index in [2.05, 4.69) is 11.9 Å². The number of allylic oxidation sites excluding steroid dienone is 1. The van der Waals surface area contributed by atoms with Gasteiger partial charge in [-0.25, -0.2) is 9.78 Å². The van der Waals surface area contributed by atoms with Crippen LogP contribution in [-0.4, -0.2) is 51.1 Å². The summed E-state index contributed by atoms with van der Waals surface area (Å²) in [6.45, 7) is 8.31. The van der Waals surface area contributed by atoms with Gasteiger partial charge in [0, 0.05) is 46.3 Å². The van der Waals surface area contributed by atoms with Gasteiger partial charge in [0.15, 0.2) is 5.60 Å². The Balaban J connectivity index is 0.000000292. The normalized spacial score (nSPS) is 20.5. The summed E-state index contributed by atoms with van der Waals surface area (Å²) < 4.78 is 51.7. The van der Waals surface area contributed by atoms with E-state index in [-0.39, 0.29) is 36.5 Å². The van der Waals surface area contributed by atoms with Gasteiger partial charge in [-0.1, -0.05) is 37.6 Å². The summed E-state index contributed by atoms with van der Waals surface area (Å²) in [6, 6.07) is 7.27. The Morgan fingerprint density at radius 2 is 1.90 bits per heavy atom. The molecule has 3 heterocycles. The van der Waals surface area contributed by atoms with Crippen LogP contribution >= 0.6 is 22.9 Å². The maximum atomic E-state index is 13.2. The zero-order chi connectivity index (χ0) is 36.4. The van der Waals surface area contributed by atoms with Crippen LogP contribution in [0.5, 0.6) is 5.75 Å². The lowest BCUT2D eigenvalue weighted by Crippen LogP contribution is -2.47. The second-order valence-corrected chi connectivity index (χ2v) is 14.6. The van der Waals surface area contributed by atoms with E-state index in [1.807, 2.05) is 32.9 Å². The minimum atomic E-state index is -4.29. The van der Waals surface area contributed by atoms with Crippen molar-refractivity contribution in [2.24, 2.45) is 11.8 Å². The molecular weight excluding hydrogens is 691 g/mol. The Labute approximate surface area is 297 Å². The number of carboxylic acid groups (broad SMARTS) is 1. The number of hydrogen-bond acceptors (Lipinski definition) is 7. The number of carbonyl (C=O) groups is 1. The molecule has 268 valence electrons. The van der Waals surface area contributed by atoms with Gasteiger partial charge in [-0.2, -0.15) is 13.2 Å². The van der Waals surface area contributed by atoms with Gasteiger partial charge in [0.1, 0.15) is 18.2 Å². The first-order chi connectivity index (χ1) is 23.6. The third kappa shape index (κ3) is 7.92. The van der Waals surface area contributed by atoms with E-state index in [4.69, 9.17) is 26.1 Å². The van der Waals surface area contributed by atoms with Crippen molar-refractivity contribution in [1.29, 1.82) is 0 Å². The molecule has 0 saturated heterocycles. The molecule has 3 aromatic heterocycles. The Bertz CT molecular complexity index is 1970. The molecule has 6 rings (SSSR count). The number of nitrogens with zero attached hydrogens (tertiary/aromatic N) is 3. The van der Waals surface area contributed by atoms with Gasteiger partial charge in [-0.3, -0.25) is 14.3 Å². The summed E-state index contributed by atoms with van der Waals surface area (Å²) in [4.78, 5) is 34.1. The van der Waals surface area contributed by atoms with Crippen LogP contribution in [0.25, 0.3) is 21.3 Å². The smallest absolute Gasteiger partial charge is 0.417 e. The number of aromatic nitrogens is 3. The van der Waals surface area contributed by atoms with Crippen molar-refractivity contribution in [1.82, 2.24) is 14.5 Å². The highest BCUT2D eigenvalue weighted by atomic mass is 35.5. The summed E-state index contributed by atoms with van der Waals surface area (Å²) >= 11 is 7.68. The van der Waals surface area contributed by atoms with E-state index in [1.54, 1.807) is 34.2 Å². The van der Waals surface area contributed by atoms with Gasteiger partial charge >= 0.3 is 12.1 Å². The van der Waals surface area contributed by atoms with E-state index in [9.17, 15) is 27.9 Å². The number of pyridine rings is 1. The van der Waals surface area contributed by atoms with Crippen LogP contribution in [0.3, 0.4) is 0 Å². The van der Waals surface area contributed by atoms with Crippen molar-refractivity contribution in [3.63, 3.8) is 0 Å². The summed E-state index contributed by atoms with van der Waals surface area (Å²) in [5.74, 6) is 0.772. The number of ether oxygens (including phenoxy) is 2. The standard InChI is InChI=1S/C27H26ClN3O4S.C10H15F3O/c1-14-4-6-22-20(10-14)26(32)31(16(3)30-22)8-9-35-23-7-5-17(28)12-18(23)19-11-15(2)29-24-21(27(33)34)13-36-25(19)24;1-8-5-3-4-6-9(7-8,14-2)10(11,12)13/h5,7,11-14H,4,6,8-10H2,1-3H3,(H,33,34);3-4,8H,5-7H2,1-2H3/t14-;/m1./s1. The third-order valence-electron chi connectivity index (χ3n) is 9.39. The van der Waals surface area contributed by atoms with Gasteiger partial charge in [0.2, 0.25) is 0 Å². The summed E-state index contributed by atoms with van der Waals surface area (Å²) in [5, 5.41) is 11.7. The second kappa shape index (κ2) is 15.2. The number of fused-ring (bicyclic) bond motifs is 2. The zero-order valence-electron chi connectivity index (χ0n) is 28.7. The van der Waals surface area contributed by atoms with Gasteiger partial charge in [0.05, 0.1) is 28.0 Å². The largest absolute Gasteiger partial charge is 0.491 e. The number of halogens is 4. The fourth-order valence-electron chi connectivity index (χ4n) is 6.69. The van der Waals surface area contributed by atoms with Crippen LogP contribution in [0.2, 0.25) is 5.02 Å². The molecule has 0 fully saturated rings. The molecule has 3 atom stereocenters. The minimum absolute atomic E-state index is 0.00956. The molecule has 1 aromatic carbocycles. The molecule has 0 spiro atoms. The maximum Gasteiger partial charge on any atom is 0.417 e. The highest BCUT2D eigenvalue weighted by molar-refractivity contribution is 7.18. The molecule has 13 heteroatoms. The number of thiophene rings is 1. The topological polar surface area (TPSA) is 104 Å². The molecule has 0 amide bonds. The SMILES string of the molecule is COC1(C(F)(F)F)CC=CCC(C)C1.Cc1cc(-c2cc(Cl)ccc2OCCn2c(C)nc3c(c2=O)C[C@H](C)CC3)c2scc(C(=O)O)c2n1. The summed E-state index contributed by atoms with van der Waals surface area (Å²) in [6.07, 6.45) is 2.43. The minimum Gasteiger partial charge on any atom is -0.491 e. The lowest BCUT2D eigenvalue weighted by Gasteiger charge is -2.34. The number of benzene rings is 1. The van der Waals surface area contributed by atoms with Crippen molar-refractivity contribution < 1.29 is 32.5 Å². The van der Waals surface area contributed by atoms with Crippen LogP contribution in [0.15, 0.2) is 46.6 Å². The first kappa shape index (κ1) is 37.5. The number of aromatic carboxylic acids is 1. The van der Waals surface area contributed by atoms with Crippen molar-refractivity contribution in [2.75, 3.05) is 13.7 Å². The maximum absolute atomic E-state index is 13.2. The van der Waals surface area contributed by atoms with Crippen molar-refractivity contribution >= 4 is 39.1 Å². The number of hydrogen-bond donors (Lipinski definition) is 1. The highest BCUT2D eigenvalue weighted by Gasteiger charge is 2.55. The lowest BCUT2D eigenvalue weighted by atomic mass is 9.88. The number of rotatable bonds is 7. The van der Waals surface area contributed by atoms with Crippen molar-refractivity contribution in [3.05, 3.63) is 85.5 Å². The molecule has 50 heavy (non-hydrogen) atoms. The molecule has 0 bridgehead atoms. The monoisotopic (exact) mass is 731 g/mol. The number of methoxy groups -OCH3 is 1. The summed E-state index contributed by atoms with van der Waals surface area (Å²) in [7, 11) is 1.14. The quantitative estimate of drug-likeness (QED) is 0.189. The molecule has 8 nitrogen and oxygen atoms in total. The molecule has 2 aliphatic carbocycles.